The van der Waals surface area contributed by atoms with E-state index in [4.69, 9.17) is 16.3 Å². The van der Waals surface area contributed by atoms with Crippen molar-refractivity contribution in [1.82, 2.24) is 0 Å². The number of carbonyl (C=O) groups is 1. The van der Waals surface area contributed by atoms with Crippen LogP contribution in [0.25, 0.3) is 0 Å². The predicted octanol–water partition coefficient (Wildman–Crippen LogP) is 3.60. The van der Waals surface area contributed by atoms with Crippen LogP contribution in [-0.2, 0) is 4.74 Å². The van der Waals surface area contributed by atoms with Gasteiger partial charge in [-0.25, -0.2) is 4.79 Å². The van der Waals surface area contributed by atoms with Crippen molar-refractivity contribution in [2.24, 2.45) is 5.92 Å². The number of nitrogens with zero attached hydrogens (tertiary/aromatic N) is 1. The summed E-state index contributed by atoms with van der Waals surface area (Å²) in [5, 5.41) is 9.77. The Labute approximate surface area is 130 Å². The second-order valence-electron chi connectivity index (χ2n) is 5.50. The fourth-order valence-corrected chi connectivity index (χ4v) is 3.07. The lowest BCUT2D eigenvalue weighted by molar-refractivity contribution is 0.0682. The number of halogens is 1. The minimum absolute atomic E-state index is 0.280. The molecule has 1 saturated heterocycles. The van der Waals surface area contributed by atoms with Gasteiger partial charge in [-0.2, -0.15) is 0 Å². The standard InChI is InChI=1S/C16H22ClNO3/c1-3-18(10-12-4-6-21-7-5-12)15-9-13(17)8-14(11(15)2)16(19)20/h8-9,12H,3-7,10H2,1-2H3,(H,19,20). The van der Waals surface area contributed by atoms with Gasteiger partial charge in [0.1, 0.15) is 0 Å². The molecule has 1 heterocycles. The van der Waals surface area contributed by atoms with Gasteiger partial charge in [-0.3, -0.25) is 0 Å². The van der Waals surface area contributed by atoms with Crippen molar-refractivity contribution in [3.05, 3.63) is 28.3 Å². The van der Waals surface area contributed by atoms with Gasteiger partial charge in [0.25, 0.3) is 0 Å². The summed E-state index contributed by atoms with van der Waals surface area (Å²) >= 11 is 6.10. The van der Waals surface area contributed by atoms with Crippen LogP contribution in [0, 0.1) is 12.8 Å². The molecule has 0 saturated carbocycles. The Bertz CT molecular complexity index is 512. The molecule has 0 aromatic heterocycles. The second-order valence-corrected chi connectivity index (χ2v) is 5.93. The smallest absolute Gasteiger partial charge is 0.336 e. The molecule has 0 radical (unpaired) electrons. The third-order valence-corrected chi connectivity index (χ3v) is 4.34. The molecule has 2 rings (SSSR count). The highest BCUT2D eigenvalue weighted by Crippen LogP contribution is 2.29. The molecule has 1 fully saturated rings. The van der Waals surface area contributed by atoms with Gasteiger partial charge < -0.3 is 14.7 Å². The number of anilines is 1. The lowest BCUT2D eigenvalue weighted by Gasteiger charge is -2.32. The van der Waals surface area contributed by atoms with Crippen LogP contribution in [0.3, 0.4) is 0 Å². The summed E-state index contributed by atoms with van der Waals surface area (Å²) in [4.78, 5) is 13.6. The molecule has 21 heavy (non-hydrogen) atoms. The highest BCUT2D eigenvalue weighted by atomic mass is 35.5. The minimum Gasteiger partial charge on any atom is -0.478 e. The quantitative estimate of drug-likeness (QED) is 0.902. The molecule has 0 atom stereocenters. The van der Waals surface area contributed by atoms with E-state index in [1.54, 1.807) is 0 Å². The molecule has 1 N–H and O–H groups in total. The molecule has 0 unspecified atom stereocenters. The number of hydrogen-bond donors (Lipinski definition) is 1. The van der Waals surface area contributed by atoms with E-state index in [0.29, 0.717) is 10.9 Å². The monoisotopic (exact) mass is 311 g/mol. The largest absolute Gasteiger partial charge is 0.478 e. The predicted molar refractivity (Wildman–Crippen MR) is 84.6 cm³/mol. The first kappa shape index (κ1) is 16.1. The lowest BCUT2D eigenvalue weighted by Crippen LogP contribution is -2.33. The van der Waals surface area contributed by atoms with E-state index >= 15 is 0 Å². The Kier molecular flexibility index (Phi) is 5.48. The van der Waals surface area contributed by atoms with Gasteiger partial charge in [-0.1, -0.05) is 11.6 Å². The normalized spacial score (nSPS) is 16.0. The summed E-state index contributed by atoms with van der Waals surface area (Å²) in [5.74, 6) is -0.344. The van der Waals surface area contributed by atoms with Gasteiger partial charge in [0.2, 0.25) is 0 Å². The molecule has 1 aliphatic heterocycles. The van der Waals surface area contributed by atoms with Crippen LogP contribution >= 0.6 is 11.6 Å². The summed E-state index contributed by atoms with van der Waals surface area (Å²) in [6.45, 7) is 7.31. The summed E-state index contributed by atoms with van der Waals surface area (Å²) in [6.07, 6.45) is 2.11. The van der Waals surface area contributed by atoms with Crippen LogP contribution in [0.15, 0.2) is 12.1 Å². The number of carboxylic acid groups (broad SMARTS) is 1. The Morgan fingerprint density at radius 3 is 2.67 bits per heavy atom. The molecule has 0 aliphatic carbocycles. The average molecular weight is 312 g/mol. The van der Waals surface area contributed by atoms with Gasteiger partial charge in [-0.15, -0.1) is 0 Å². The fourth-order valence-electron chi connectivity index (χ4n) is 2.85. The third-order valence-electron chi connectivity index (χ3n) is 4.12. The van der Waals surface area contributed by atoms with Crippen LogP contribution in [0.2, 0.25) is 5.02 Å². The van der Waals surface area contributed by atoms with Gasteiger partial charge in [-0.05, 0) is 50.3 Å². The maximum atomic E-state index is 11.3. The van der Waals surface area contributed by atoms with E-state index < -0.39 is 5.97 Å². The maximum absolute atomic E-state index is 11.3. The molecule has 116 valence electrons. The Morgan fingerprint density at radius 1 is 1.43 bits per heavy atom. The fraction of sp³-hybridized carbons (Fsp3) is 0.562. The molecule has 1 aliphatic rings. The third kappa shape index (κ3) is 3.89. The molecule has 1 aromatic rings. The number of aromatic carboxylic acids is 1. The Morgan fingerprint density at radius 2 is 2.10 bits per heavy atom. The molecule has 5 heteroatoms. The number of ether oxygens (including phenoxy) is 1. The lowest BCUT2D eigenvalue weighted by atomic mass is 9.98. The molecule has 0 bridgehead atoms. The molecular weight excluding hydrogens is 290 g/mol. The average Bonchev–Trinajstić information content (AvgIpc) is 2.48. The molecular formula is C16H22ClNO3. The second kappa shape index (κ2) is 7.14. The van der Waals surface area contributed by atoms with Crippen LogP contribution in [-0.4, -0.2) is 37.4 Å². The van der Waals surface area contributed by atoms with Gasteiger partial charge in [0, 0.05) is 37.0 Å². The summed E-state index contributed by atoms with van der Waals surface area (Å²) < 4.78 is 5.40. The van der Waals surface area contributed by atoms with Crippen molar-refractivity contribution in [2.75, 3.05) is 31.2 Å². The van der Waals surface area contributed by atoms with Crippen LogP contribution < -0.4 is 4.90 Å². The Hall–Kier alpha value is -1.26. The number of benzene rings is 1. The van der Waals surface area contributed by atoms with E-state index in [0.717, 1.165) is 50.4 Å². The van der Waals surface area contributed by atoms with Crippen molar-refractivity contribution in [3.8, 4) is 0 Å². The summed E-state index contributed by atoms with van der Waals surface area (Å²) in [6, 6.07) is 3.39. The number of hydrogen-bond acceptors (Lipinski definition) is 3. The van der Waals surface area contributed by atoms with Gasteiger partial charge >= 0.3 is 5.97 Å². The number of carboxylic acids is 1. The van der Waals surface area contributed by atoms with Crippen molar-refractivity contribution >= 4 is 23.3 Å². The highest BCUT2D eigenvalue weighted by molar-refractivity contribution is 6.31. The van der Waals surface area contributed by atoms with E-state index in [9.17, 15) is 9.90 Å². The summed E-state index contributed by atoms with van der Waals surface area (Å²) in [5.41, 5.74) is 1.98. The van der Waals surface area contributed by atoms with Crippen molar-refractivity contribution < 1.29 is 14.6 Å². The first-order chi connectivity index (χ1) is 10.0. The summed E-state index contributed by atoms with van der Waals surface area (Å²) in [7, 11) is 0. The maximum Gasteiger partial charge on any atom is 0.336 e. The zero-order valence-electron chi connectivity index (χ0n) is 12.6. The van der Waals surface area contributed by atoms with E-state index in [1.807, 2.05) is 13.0 Å². The minimum atomic E-state index is -0.932. The molecule has 1 aromatic carbocycles. The van der Waals surface area contributed by atoms with Crippen molar-refractivity contribution in [1.29, 1.82) is 0 Å². The zero-order chi connectivity index (χ0) is 15.4. The van der Waals surface area contributed by atoms with Gasteiger partial charge in [0.15, 0.2) is 0 Å². The molecule has 0 amide bonds. The van der Waals surface area contributed by atoms with Crippen LogP contribution in [0.5, 0.6) is 0 Å². The molecule has 0 spiro atoms. The van der Waals surface area contributed by atoms with Crippen molar-refractivity contribution in [3.63, 3.8) is 0 Å². The van der Waals surface area contributed by atoms with E-state index in [1.165, 1.54) is 6.07 Å². The number of rotatable bonds is 5. The van der Waals surface area contributed by atoms with Crippen molar-refractivity contribution in [2.45, 2.75) is 26.7 Å². The SMILES string of the molecule is CCN(CC1CCOCC1)c1cc(Cl)cc(C(=O)O)c1C. The van der Waals surface area contributed by atoms with Crippen LogP contribution in [0.4, 0.5) is 5.69 Å². The first-order valence-corrected chi connectivity index (χ1v) is 7.76. The topological polar surface area (TPSA) is 49.8 Å². The van der Waals surface area contributed by atoms with Crippen LogP contribution in [0.1, 0.15) is 35.7 Å². The molecule has 4 nitrogen and oxygen atoms in total. The zero-order valence-corrected chi connectivity index (χ0v) is 13.3. The highest BCUT2D eigenvalue weighted by Gasteiger charge is 2.20. The first-order valence-electron chi connectivity index (χ1n) is 7.39. The van der Waals surface area contributed by atoms with E-state index in [2.05, 4.69) is 11.8 Å². The Balaban J connectivity index is 2.26. The van der Waals surface area contributed by atoms with E-state index in [-0.39, 0.29) is 5.56 Å². The van der Waals surface area contributed by atoms with Gasteiger partial charge in [0.05, 0.1) is 5.56 Å².